The Hall–Kier alpha value is -2.62. The van der Waals surface area contributed by atoms with Crippen molar-refractivity contribution in [3.63, 3.8) is 0 Å². The van der Waals surface area contributed by atoms with Gasteiger partial charge in [0.2, 0.25) is 0 Å². The van der Waals surface area contributed by atoms with Crippen LogP contribution in [0.5, 0.6) is 0 Å². The second-order valence-corrected chi connectivity index (χ2v) is 5.41. The first-order chi connectivity index (χ1) is 11.1. The van der Waals surface area contributed by atoms with Crippen molar-refractivity contribution in [3.05, 3.63) is 71.3 Å². The van der Waals surface area contributed by atoms with Crippen molar-refractivity contribution in [1.29, 1.82) is 0 Å². The Morgan fingerprint density at radius 1 is 0.957 bits per heavy atom. The predicted molar refractivity (Wildman–Crippen MR) is 89.0 cm³/mol. The minimum atomic E-state index is -0.396. The summed E-state index contributed by atoms with van der Waals surface area (Å²) in [4.78, 5) is 23.3. The van der Waals surface area contributed by atoms with Crippen LogP contribution in [-0.2, 0) is 27.2 Å². The number of carbonyl (C=O) groups is 2. The fraction of sp³-hybridized carbons (Fsp3) is 0.263. The Labute approximate surface area is 136 Å². The molecule has 2 aromatic carbocycles. The highest BCUT2D eigenvalue weighted by molar-refractivity contribution is 5.81. The molecule has 0 aliphatic carbocycles. The van der Waals surface area contributed by atoms with Gasteiger partial charge in [-0.2, -0.15) is 0 Å². The summed E-state index contributed by atoms with van der Waals surface area (Å²) < 4.78 is 4.99. The molecule has 0 saturated heterocycles. The molecule has 0 bridgehead atoms. The maximum atomic E-state index is 11.7. The van der Waals surface area contributed by atoms with Gasteiger partial charge >= 0.3 is 5.97 Å². The number of carbonyl (C=O) groups excluding carboxylic acids is 2. The summed E-state index contributed by atoms with van der Waals surface area (Å²) in [6, 6.07) is 17.6. The second kappa shape index (κ2) is 8.73. The number of benzene rings is 2. The van der Waals surface area contributed by atoms with Crippen molar-refractivity contribution in [2.45, 2.75) is 19.8 Å². The summed E-state index contributed by atoms with van der Waals surface area (Å²) in [5.41, 5.74) is 3.18. The van der Waals surface area contributed by atoms with Gasteiger partial charge in [0.1, 0.15) is 0 Å². The van der Waals surface area contributed by atoms with Gasteiger partial charge in [-0.15, -0.1) is 0 Å². The number of hydrogen-bond donors (Lipinski definition) is 1. The van der Waals surface area contributed by atoms with Crippen molar-refractivity contribution in [3.8, 4) is 0 Å². The zero-order valence-electron chi connectivity index (χ0n) is 13.2. The summed E-state index contributed by atoms with van der Waals surface area (Å²) in [5.74, 6) is -0.676. The first kappa shape index (κ1) is 16.7. The summed E-state index contributed by atoms with van der Waals surface area (Å²) in [6.45, 7) is 2.28. The minimum Gasteiger partial charge on any atom is -0.455 e. The van der Waals surface area contributed by atoms with Gasteiger partial charge in [-0.05, 0) is 24.5 Å². The molecule has 120 valence electrons. The Kier molecular flexibility index (Phi) is 6.36. The molecule has 0 unspecified atom stereocenters. The largest absolute Gasteiger partial charge is 0.455 e. The first-order valence-electron chi connectivity index (χ1n) is 7.65. The maximum absolute atomic E-state index is 11.7. The lowest BCUT2D eigenvalue weighted by atomic mass is 10.1. The van der Waals surface area contributed by atoms with Crippen molar-refractivity contribution >= 4 is 11.9 Å². The van der Waals surface area contributed by atoms with Gasteiger partial charge in [-0.1, -0.05) is 60.2 Å². The van der Waals surface area contributed by atoms with E-state index in [1.165, 1.54) is 0 Å². The van der Waals surface area contributed by atoms with Gasteiger partial charge in [-0.3, -0.25) is 9.59 Å². The number of rotatable bonds is 7. The van der Waals surface area contributed by atoms with E-state index in [-0.39, 0.29) is 18.9 Å². The van der Waals surface area contributed by atoms with Crippen molar-refractivity contribution in [2.24, 2.45) is 0 Å². The van der Waals surface area contributed by atoms with E-state index in [0.29, 0.717) is 6.54 Å². The lowest BCUT2D eigenvalue weighted by Crippen LogP contribution is -2.30. The third-order valence-electron chi connectivity index (χ3n) is 3.41. The van der Waals surface area contributed by atoms with Crippen LogP contribution in [0.15, 0.2) is 54.6 Å². The molecule has 0 spiro atoms. The lowest BCUT2D eigenvalue weighted by Gasteiger charge is -2.07. The van der Waals surface area contributed by atoms with E-state index in [4.69, 9.17) is 4.74 Å². The zero-order chi connectivity index (χ0) is 16.5. The van der Waals surface area contributed by atoms with E-state index in [1.54, 1.807) is 0 Å². The van der Waals surface area contributed by atoms with E-state index in [2.05, 4.69) is 5.32 Å². The molecule has 23 heavy (non-hydrogen) atoms. The predicted octanol–water partition coefficient (Wildman–Crippen LogP) is 2.44. The van der Waals surface area contributed by atoms with Crippen molar-refractivity contribution < 1.29 is 14.3 Å². The molecule has 0 fully saturated rings. The average Bonchev–Trinajstić information content (AvgIpc) is 2.56. The van der Waals surface area contributed by atoms with Crippen molar-refractivity contribution in [1.82, 2.24) is 5.32 Å². The van der Waals surface area contributed by atoms with Crippen LogP contribution in [0.1, 0.15) is 16.7 Å². The summed E-state index contributed by atoms with van der Waals surface area (Å²) in [5, 5.41) is 2.74. The highest BCUT2D eigenvalue weighted by Crippen LogP contribution is 2.04. The van der Waals surface area contributed by atoms with Crippen LogP contribution in [0.2, 0.25) is 0 Å². The topological polar surface area (TPSA) is 55.4 Å². The Balaban J connectivity index is 1.63. The first-order valence-corrected chi connectivity index (χ1v) is 7.65. The smallest absolute Gasteiger partial charge is 0.310 e. The fourth-order valence-corrected chi connectivity index (χ4v) is 2.11. The van der Waals surface area contributed by atoms with E-state index in [1.807, 2.05) is 61.5 Å². The summed E-state index contributed by atoms with van der Waals surface area (Å²) in [6.07, 6.45) is 0.932. The highest BCUT2D eigenvalue weighted by Gasteiger charge is 2.08. The van der Waals surface area contributed by atoms with E-state index in [0.717, 1.165) is 23.1 Å². The standard InChI is InChI=1S/C19H21NO3/c1-15-7-9-17(10-8-15)13-19(22)23-14-18(21)20-12-11-16-5-3-2-4-6-16/h2-10H,11-14H2,1H3,(H,20,21). The van der Waals surface area contributed by atoms with Crippen LogP contribution < -0.4 is 5.32 Å². The molecular formula is C19H21NO3. The minimum absolute atomic E-state index is 0.178. The highest BCUT2D eigenvalue weighted by atomic mass is 16.5. The van der Waals surface area contributed by atoms with Gasteiger partial charge < -0.3 is 10.1 Å². The lowest BCUT2D eigenvalue weighted by molar-refractivity contribution is -0.147. The van der Waals surface area contributed by atoms with Crippen LogP contribution in [0.25, 0.3) is 0 Å². The number of ether oxygens (including phenoxy) is 1. The summed E-state index contributed by atoms with van der Waals surface area (Å²) >= 11 is 0. The number of esters is 1. The van der Waals surface area contributed by atoms with Gasteiger partial charge in [0.15, 0.2) is 6.61 Å². The monoisotopic (exact) mass is 311 g/mol. The molecule has 0 heterocycles. The number of hydrogen-bond acceptors (Lipinski definition) is 3. The molecule has 2 rings (SSSR count). The molecule has 0 saturated carbocycles. The van der Waals surface area contributed by atoms with Gasteiger partial charge in [-0.25, -0.2) is 0 Å². The van der Waals surface area contributed by atoms with Gasteiger partial charge in [0.25, 0.3) is 5.91 Å². The second-order valence-electron chi connectivity index (χ2n) is 5.41. The molecule has 4 heteroatoms. The fourth-order valence-electron chi connectivity index (χ4n) is 2.11. The third kappa shape index (κ3) is 6.34. The van der Waals surface area contributed by atoms with Gasteiger partial charge in [0.05, 0.1) is 6.42 Å². The normalized spacial score (nSPS) is 10.1. The van der Waals surface area contributed by atoms with E-state index >= 15 is 0 Å². The van der Waals surface area contributed by atoms with E-state index in [9.17, 15) is 9.59 Å². The summed E-state index contributed by atoms with van der Waals surface area (Å²) in [7, 11) is 0. The molecule has 0 radical (unpaired) electrons. The third-order valence-corrected chi connectivity index (χ3v) is 3.41. The molecule has 0 aliphatic heterocycles. The number of nitrogens with one attached hydrogen (secondary N) is 1. The van der Waals surface area contributed by atoms with Gasteiger partial charge in [0, 0.05) is 6.54 Å². The van der Waals surface area contributed by atoms with Crippen LogP contribution in [0.3, 0.4) is 0 Å². The molecule has 1 N–H and O–H groups in total. The van der Waals surface area contributed by atoms with Crippen LogP contribution >= 0.6 is 0 Å². The molecule has 1 amide bonds. The maximum Gasteiger partial charge on any atom is 0.310 e. The quantitative estimate of drug-likeness (QED) is 0.799. The average molecular weight is 311 g/mol. The number of amides is 1. The SMILES string of the molecule is Cc1ccc(CC(=O)OCC(=O)NCCc2ccccc2)cc1. The number of aryl methyl sites for hydroxylation is 1. The molecule has 2 aromatic rings. The van der Waals surface area contributed by atoms with Crippen molar-refractivity contribution in [2.75, 3.05) is 13.2 Å². The van der Waals surface area contributed by atoms with Crippen LogP contribution in [0.4, 0.5) is 0 Å². The molecule has 0 aliphatic rings. The van der Waals surface area contributed by atoms with E-state index < -0.39 is 5.97 Å². The molecular weight excluding hydrogens is 290 g/mol. The Morgan fingerprint density at radius 3 is 2.35 bits per heavy atom. The molecule has 4 nitrogen and oxygen atoms in total. The Bertz CT molecular complexity index is 635. The van der Waals surface area contributed by atoms with Crippen LogP contribution in [0, 0.1) is 6.92 Å². The molecule has 0 atom stereocenters. The van der Waals surface area contributed by atoms with Crippen LogP contribution in [-0.4, -0.2) is 25.0 Å². The zero-order valence-corrected chi connectivity index (χ0v) is 13.2. The molecule has 0 aromatic heterocycles. The Morgan fingerprint density at radius 2 is 1.65 bits per heavy atom.